The van der Waals surface area contributed by atoms with Crippen molar-refractivity contribution in [2.45, 2.75) is 13.1 Å². The van der Waals surface area contributed by atoms with Crippen LogP contribution in [-0.2, 0) is 6.18 Å². The van der Waals surface area contributed by atoms with Crippen molar-refractivity contribution in [3.63, 3.8) is 0 Å². The highest BCUT2D eigenvalue weighted by Gasteiger charge is 2.30. The van der Waals surface area contributed by atoms with Crippen LogP contribution in [0, 0.1) is 6.92 Å². The Balaban J connectivity index is 1.79. The minimum atomic E-state index is -4.44. The summed E-state index contributed by atoms with van der Waals surface area (Å²) >= 11 is 0. The zero-order chi connectivity index (χ0) is 21.0. The summed E-state index contributed by atoms with van der Waals surface area (Å²) in [5.74, 6) is 1.41. The van der Waals surface area contributed by atoms with E-state index in [1.165, 1.54) is 32.4 Å². The van der Waals surface area contributed by atoms with Crippen LogP contribution in [0.5, 0.6) is 35.0 Å². The molecule has 6 nitrogen and oxygen atoms in total. The van der Waals surface area contributed by atoms with Gasteiger partial charge in [0.15, 0.2) is 0 Å². The number of hydrogen-bond acceptors (Lipinski definition) is 6. The average Bonchev–Trinajstić information content (AvgIpc) is 2.69. The van der Waals surface area contributed by atoms with Gasteiger partial charge in [-0.1, -0.05) is 6.07 Å². The topological polar surface area (TPSA) is 62.7 Å². The van der Waals surface area contributed by atoms with Gasteiger partial charge in [-0.15, -0.1) is 0 Å². The van der Waals surface area contributed by atoms with E-state index in [-0.39, 0.29) is 23.5 Å². The Labute approximate surface area is 164 Å². The predicted octanol–water partition coefficient (Wildman–Crippen LogP) is 5.41. The monoisotopic (exact) mass is 406 g/mol. The third kappa shape index (κ3) is 5.07. The Morgan fingerprint density at radius 2 is 1.52 bits per heavy atom. The SMILES string of the molecule is COc1cc(Oc2ccc(Oc3cccc(C(F)(F)F)c3)cc2C)nc(OC)n1. The van der Waals surface area contributed by atoms with E-state index in [0.717, 1.165) is 12.1 Å². The second kappa shape index (κ2) is 8.26. The minimum absolute atomic E-state index is 0.0816. The first kappa shape index (κ1) is 20.2. The normalized spacial score (nSPS) is 11.1. The molecule has 0 atom stereocenters. The molecular formula is C20H17F3N2O4. The van der Waals surface area contributed by atoms with Crippen LogP contribution in [0.1, 0.15) is 11.1 Å². The molecule has 0 N–H and O–H groups in total. The van der Waals surface area contributed by atoms with Crippen LogP contribution in [0.3, 0.4) is 0 Å². The van der Waals surface area contributed by atoms with Gasteiger partial charge in [-0.2, -0.15) is 23.1 Å². The molecule has 9 heteroatoms. The number of aryl methyl sites for hydroxylation is 1. The number of aromatic nitrogens is 2. The van der Waals surface area contributed by atoms with Crippen molar-refractivity contribution < 1.29 is 32.1 Å². The number of halogens is 3. The molecule has 0 radical (unpaired) electrons. The number of benzene rings is 2. The second-order valence-electron chi connectivity index (χ2n) is 5.89. The third-order valence-electron chi connectivity index (χ3n) is 3.81. The Morgan fingerprint density at radius 1 is 0.793 bits per heavy atom. The van der Waals surface area contributed by atoms with E-state index in [1.807, 2.05) is 0 Å². The van der Waals surface area contributed by atoms with Crippen LogP contribution in [-0.4, -0.2) is 24.2 Å². The molecule has 3 rings (SSSR count). The molecule has 0 aliphatic heterocycles. The molecule has 0 saturated carbocycles. The lowest BCUT2D eigenvalue weighted by Crippen LogP contribution is -2.04. The number of rotatable bonds is 6. The van der Waals surface area contributed by atoms with Crippen molar-refractivity contribution in [3.8, 4) is 35.0 Å². The van der Waals surface area contributed by atoms with Crippen LogP contribution < -0.4 is 18.9 Å². The van der Waals surface area contributed by atoms with Crippen LogP contribution >= 0.6 is 0 Å². The van der Waals surface area contributed by atoms with E-state index in [0.29, 0.717) is 17.1 Å². The summed E-state index contributed by atoms with van der Waals surface area (Å²) < 4.78 is 59.9. The zero-order valence-electron chi connectivity index (χ0n) is 15.8. The van der Waals surface area contributed by atoms with Gasteiger partial charge in [0, 0.05) is 0 Å². The summed E-state index contributed by atoms with van der Waals surface area (Å²) in [5.41, 5.74) is -0.0932. The molecule has 2 aromatic carbocycles. The van der Waals surface area contributed by atoms with E-state index < -0.39 is 11.7 Å². The maximum atomic E-state index is 12.8. The number of hydrogen-bond donors (Lipinski definition) is 0. The molecular weight excluding hydrogens is 389 g/mol. The summed E-state index contributed by atoms with van der Waals surface area (Å²) in [5, 5.41) is 0. The Morgan fingerprint density at radius 3 is 2.17 bits per heavy atom. The summed E-state index contributed by atoms with van der Waals surface area (Å²) in [6.07, 6.45) is -4.44. The molecule has 0 aliphatic rings. The van der Waals surface area contributed by atoms with Crippen molar-refractivity contribution in [2.24, 2.45) is 0 Å². The van der Waals surface area contributed by atoms with E-state index in [1.54, 1.807) is 25.1 Å². The van der Waals surface area contributed by atoms with Gasteiger partial charge in [-0.05, 0) is 48.9 Å². The van der Waals surface area contributed by atoms with E-state index in [2.05, 4.69) is 9.97 Å². The first-order valence-corrected chi connectivity index (χ1v) is 8.39. The lowest BCUT2D eigenvalue weighted by atomic mass is 10.2. The summed E-state index contributed by atoms with van der Waals surface area (Å²) in [7, 11) is 2.88. The average molecular weight is 406 g/mol. The highest BCUT2D eigenvalue weighted by molar-refractivity contribution is 5.43. The maximum absolute atomic E-state index is 12.8. The quantitative estimate of drug-likeness (QED) is 0.546. The molecule has 0 unspecified atom stereocenters. The molecule has 0 amide bonds. The van der Waals surface area contributed by atoms with Gasteiger partial charge in [-0.25, -0.2) is 0 Å². The first-order chi connectivity index (χ1) is 13.8. The Kier molecular flexibility index (Phi) is 5.76. The van der Waals surface area contributed by atoms with Gasteiger partial charge < -0.3 is 18.9 Å². The van der Waals surface area contributed by atoms with Gasteiger partial charge in [0.05, 0.1) is 25.8 Å². The molecule has 0 bridgehead atoms. The highest BCUT2D eigenvalue weighted by Crippen LogP contribution is 2.34. The fourth-order valence-electron chi connectivity index (χ4n) is 2.42. The molecule has 1 heterocycles. The highest BCUT2D eigenvalue weighted by atomic mass is 19.4. The van der Waals surface area contributed by atoms with Crippen LogP contribution in [0.25, 0.3) is 0 Å². The Bertz CT molecular complexity index is 987. The van der Waals surface area contributed by atoms with E-state index in [9.17, 15) is 13.2 Å². The standard InChI is InChI=1S/C20H17F3N2O4/c1-12-9-15(28-14-6-4-5-13(10-14)20(21,22)23)7-8-16(12)29-18-11-17(26-2)24-19(25-18)27-3/h4-11H,1-3H3. The van der Waals surface area contributed by atoms with Gasteiger partial charge >= 0.3 is 12.2 Å². The van der Waals surface area contributed by atoms with Gasteiger partial charge in [0.1, 0.15) is 17.2 Å². The summed E-state index contributed by atoms with van der Waals surface area (Å²) in [4.78, 5) is 8.07. The van der Waals surface area contributed by atoms with E-state index >= 15 is 0 Å². The van der Waals surface area contributed by atoms with Crippen molar-refractivity contribution in [2.75, 3.05) is 14.2 Å². The zero-order valence-corrected chi connectivity index (χ0v) is 15.8. The molecule has 1 aromatic heterocycles. The predicted molar refractivity (Wildman–Crippen MR) is 97.9 cm³/mol. The Hall–Kier alpha value is -3.49. The number of methoxy groups -OCH3 is 2. The first-order valence-electron chi connectivity index (χ1n) is 8.39. The summed E-state index contributed by atoms with van der Waals surface area (Å²) in [6.45, 7) is 1.77. The molecule has 0 fully saturated rings. The molecule has 3 aromatic rings. The molecule has 29 heavy (non-hydrogen) atoms. The van der Waals surface area contributed by atoms with Crippen LogP contribution in [0.4, 0.5) is 13.2 Å². The van der Waals surface area contributed by atoms with Crippen LogP contribution in [0.15, 0.2) is 48.5 Å². The largest absolute Gasteiger partial charge is 0.481 e. The van der Waals surface area contributed by atoms with Gasteiger partial charge in [0.25, 0.3) is 0 Å². The van der Waals surface area contributed by atoms with Gasteiger partial charge in [-0.3, -0.25) is 0 Å². The lowest BCUT2D eigenvalue weighted by Gasteiger charge is -2.13. The molecule has 0 spiro atoms. The fourth-order valence-corrected chi connectivity index (χ4v) is 2.42. The lowest BCUT2D eigenvalue weighted by molar-refractivity contribution is -0.137. The van der Waals surface area contributed by atoms with Crippen LogP contribution in [0.2, 0.25) is 0 Å². The number of alkyl halides is 3. The third-order valence-corrected chi connectivity index (χ3v) is 3.81. The second-order valence-corrected chi connectivity index (χ2v) is 5.89. The van der Waals surface area contributed by atoms with Crippen molar-refractivity contribution in [3.05, 3.63) is 59.7 Å². The number of nitrogens with zero attached hydrogens (tertiary/aromatic N) is 2. The van der Waals surface area contributed by atoms with Crippen molar-refractivity contribution in [1.29, 1.82) is 0 Å². The minimum Gasteiger partial charge on any atom is -0.481 e. The summed E-state index contributed by atoms with van der Waals surface area (Å²) in [6, 6.07) is 11.1. The number of ether oxygens (including phenoxy) is 4. The van der Waals surface area contributed by atoms with Crippen molar-refractivity contribution >= 4 is 0 Å². The molecule has 0 aliphatic carbocycles. The fraction of sp³-hybridized carbons (Fsp3) is 0.200. The van der Waals surface area contributed by atoms with Crippen molar-refractivity contribution in [1.82, 2.24) is 9.97 Å². The molecule has 152 valence electrons. The van der Waals surface area contributed by atoms with E-state index in [4.69, 9.17) is 18.9 Å². The van der Waals surface area contributed by atoms with Gasteiger partial charge in [0.2, 0.25) is 11.8 Å². The smallest absolute Gasteiger partial charge is 0.416 e. The molecule has 0 saturated heterocycles. The maximum Gasteiger partial charge on any atom is 0.416 e.